The van der Waals surface area contributed by atoms with Gasteiger partial charge in [0.15, 0.2) is 12.4 Å². The number of alkyl carbamates (subject to hydrolysis) is 1. The van der Waals surface area contributed by atoms with E-state index in [0.29, 0.717) is 43.6 Å². The fourth-order valence-electron chi connectivity index (χ4n) is 9.62. The number of hydrogen-bond donors (Lipinski definition) is 3. The van der Waals surface area contributed by atoms with Gasteiger partial charge in [0.2, 0.25) is 0 Å². The average Bonchev–Trinajstić information content (AvgIpc) is 3.31. The maximum absolute atomic E-state index is 15.4. The highest BCUT2D eigenvalue weighted by atomic mass is 19.4. The van der Waals surface area contributed by atoms with E-state index in [2.05, 4.69) is 17.2 Å². The van der Waals surface area contributed by atoms with E-state index in [1.54, 1.807) is 38.1 Å². The number of fused-ring (bicyclic) bond motifs is 4. The fourth-order valence-corrected chi connectivity index (χ4v) is 9.62. The molecule has 6 atom stereocenters. The van der Waals surface area contributed by atoms with Crippen molar-refractivity contribution in [2.24, 2.45) is 22.7 Å². The molecule has 5 aliphatic rings. The second-order valence-corrected chi connectivity index (χ2v) is 16.5. The largest absolute Gasteiger partial charge is 0.456 e. The highest BCUT2D eigenvalue weighted by Crippen LogP contribution is 2.71. The molecule has 3 unspecified atom stereocenters. The van der Waals surface area contributed by atoms with Gasteiger partial charge < -0.3 is 29.7 Å². The second-order valence-electron chi connectivity index (χ2n) is 16.5. The van der Waals surface area contributed by atoms with Crippen LogP contribution >= 0.6 is 0 Å². The Morgan fingerprint density at radius 2 is 1.68 bits per heavy atom. The third kappa shape index (κ3) is 6.14. The van der Waals surface area contributed by atoms with Gasteiger partial charge in [0.1, 0.15) is 5.60 Å². The normalized spacial score (nSPS) is 34.7. The van der Waals surface area contributed by atoms with Gasteiger partial charge in [-0.1, -0.05) is 50.3 Å². The standard InChI is InChI=1S/C38H48F5NO6/c1-23(2)44-31(45)48-18-6-7-24-8-10-25(11-9-24)27-19-33(5)28(14-17-36(33,47)37(39,40)38(41,42)43)26-12-15-34(46)20-35(16-13-29(34)30(26)27)49-21-32(3,4)22-50-35/h8-11,23,26-28,46-47H,12-22H2,1-5H3,(H,44,45)/t26?,27-,28?,33+,34?,36+/m1/s1. The summed E-state index contributed by atoms with van der Waals surface area (Å²) in [5.74, 6) is -2.24. The van der Waals surface area contributed by atoms with Crippen LogP contribution in [-0.2, 0) is 14.2 Å². The van der Waals surface area contributed by atoms with Crippen molar-refractivity contribution >= 4 is 6.09 Å². The Balaban J connectivity index is 1.37. The van der Waals surface area contributed by atoms with Crippen molar-refractivity contribution < 1.29 is 51.2 Å². The van der Waals surface area contributed by atoms with Crippen LogP contribution in [0.2, 0.25) is 0 Å². The number of aliphatic hydroxyl groups is 2. The molecule has 0 radical (unpaired) electrons. The maximum Gasteiger partial charge on any atom is 0.456 e. The van der Waals surface area contributed by atoms with E-state index in [1.807, 2.05) is 13.8 Å². The topological polar surface area (TPSA) is 97.3 Å². The highest BCUT2D eigenvalue weighted by molar-refractivity contribution is 5.67. The summed E-state index contributed by atoms with van der Waals surface area (Å²) in [6, 6.07) is 6.92. The summed E-state index contributed by atoms with van der Waals surface area (Å²) in [6.45, 7) is 9.89. The molecule has 276 valence electrons. The van der Waals surface area contributed by atoms with Crippen LogP contribution in [0.4, 0.5) is 26.7 Å². The van der Waals surface area contributed by atoms with E-state index in [1.165, 1.54) is 6.92 Å². The molecule has 50 heavy (non-hydrogen) atoms. The molecule has 4 aliphatic carbocycles. The first-order chi connectivity index (χ1) is 23.2. The van der Waals surface area contributed by atoms with Gasteiger partial charge in [0, 0.05) is 41.2 Å². The van der Waals surface area contributed by atoms with Crippen LogP contribution in [0.3, 0.4) is 0 Å². The van der Waals surface area contributed by atoms with E-state index in [-0.39, 0.29) is 43.7 Å². The summed E-state index contributed by atoms with van der Waals surface area (Å²) in [5, 5.41) is 26.5. The zero-order valence-corrected chi connectivity index (χ0v) is 29.3. The predicted molar refractivity (Wildman–Crippen MR) is 174 cm³/mol. The fraction of sp³-hybridized carbons (Fsp3) is 0.711. The Bertz CT molecular complexity index is 1570. The number of carbonyl (C=O) groups is 1. The summed E-state index contributed by atoms with van der Waals surface area (Å²) in [4.78, 5) is 11.7. The summed E-state index contributed by atoms with van der Waals surface area (Å²) in [5.41, 5.74) is -3.60. The second kappa shape index (κ2) is 12.5. The van der Waals surface area contributed by atoms with Gasteiger partial charge in [0.25, 0.3) is 0 Å². The van der Waals surface area contributed by atoms with E-state index in [4.69, 9.17) is 14.2 Å². The van der Waals surface area contributed by atoms with Crippen molar-refractivity contribution in [3.05, 3.63) is 46.5 Å². The first kappa shape index (κ1) is 37.1. The van der Waals surface area contributed by atoms with Crippen LogP contribution in [-0.4, -0.2) is 71.3 Å². The van der Waals surface area contributed by atoms with E-state index >= 15 is 8.78 Å². The number of hydrogen-bond acceptors (Lipinski definition) is 6. The van der Waals surface area contributed by atoms with Crippen LogP contribution < -0.4 is 5.32 Å². The lowest BCUT2D eigenvalue weighted by atomic mass is 9.49. The molecule has 4 fully saturated rings. The van der Waals surface area contributed by atoms with Crippen LogP contribution in [0.5, 0.6) is 0 Å². The third-order valence-corrected chi connectivity index (χ3v) is 12.1. The Kier molecular flexibility index (Phi) is 9.23. The van der Waals surface area contributed by atoms with Crippen molar-refractivity contribution in [3.8, 4) is 11.8 Å². The van der Waals surface area contributed by atoms with Crippen LogP contribution in [0.15, 0.2) is 35.4 Å². The Hall–Kier alpha value is -2.72. The van der Waals surface area contributed by atoms with E-state index < -0.39 is 64.8 Å². The number of rotatable bonds is 4. The molecule has 7 nitrogen and oxygen atoms in total. The molecule has 0 bridgehead atoms. The zero-order valence-electron chi connectivity index (χ0n) is 29.3. The molecule has 1 heterocycles. The van der Waals surface area contributed by atoms with Gasteiger partial charge in [0.05, 0.1) is 18.8 Å². The Labute approximate surface area is 290 Å². The van der Waals surface area contributed by atoms with Gasteiger partial charge in [-0.2, -0.15) is 22.0 Å². The van der Waals surface area contributed by atoms with Crippen molar-refractivity contribution in [2.75, 3.05) is 19.8 Å². The van der Waals surface area contributed by atoms with Crippen molar-refractivity contribution in [1.29, 1.82) is 0 Å². The summed E-state index contributed by atoms with van der Waals surface area (Å²) >= 11 is 0. The van der Waals surface area contributed by atoms with Gasteiger partial charge in [-0.05, 0) is 87.5 Å². The van der Waals surface area contributed by atoms with E-state index in [9.17, 15) is 28.2 Å². The number of ether oxygens (including phenoxy) is 3. The number of halogens is 5. The van der Waals surface area contributed by atoms with Gasteiger partial charge in [-0.15, -0.1) is 0 Å². The van der Waals surface area contributed by atoms with Crippen molar-refractivity contribution in [2.45, 2.75) is 127 Å². The molecule has 12 heteroatoms. The number of benzene rings is 1. The molecule has 1 spiro atoms. The third-order valence-electron chi connectivity index (χ3n) is 12.1. The van der Waals surface area contributed by atoms with Gasteiger partial charge in [-0.3, -0.25) is 0 Å². The van der Waals surface area contributed by atoms with Crippen LogP contribution in [0.1, 0.15) is 103 Å². The van der Waals surface area contributed by atoms with Crippen molar-refractivity contribution in [3.63, 3.8) is 0 Å². The first-order valence-corrected chi connectivity index (χ1v) is 17.6. The Morgan fingerprint density at radius 3 is 2.30 bits per heavy atom. The molecule has 1 saturated heterocycles. The summed E-state index contributed by atoms with van der Waals surface area (Å²) < 4.78 is 90.2. The molecule has 3 saturated carbocycles. The lowest BCUT2D eigenvalue weighted by molar-refractivity contribution is -0.362. The number of alkyl halides is 5. The predicted octanol–water partition coefficient (Wildman–Crippen LogP) is 7.40. The minimum atomic E-state index is -5.92. The first-order valence-electron chi connectivity index (χ1n) is 17.6. The number of carbonyl (C=O) groups excluding carboxylic acids is 1. The molecule has 1 aromatic carbocycles. The molecule has 6 rings (SSSR count). The maximum atomic E-state index is 15.4. The quantitative estimate of drug-likeness (QED) is 0.171. The van der Waals surface area contributed by atoms with Gasteiger partial charge in [-0.25, -0.2) is 4.79 Å². The highest BCUT2D eigenvalue weighted by Gasteiger charge is 2.79. The molecule has 1 aromatic rings. The van der Waals surface area contributed by atoms with E-state index in [0.717, 1.165) is 11.1 Å². The number of amides is 1. The van der Waals surface area contributed by atoms with Crippen molar-refractivity contribution in [1.82, 2.24) is 5.32 Å². The minimum absolute atomic E-state index is 0.0162. The lowest BCUT2D eigenvalue weighted by Gasteiger charge is -2.59. The summed E-state index contributed by atoms with van der Waals surface area (Å²) in [6.07, 6.45) is -5.56. The molecule has 1 amide bonds. The molecule has 3 N–H and O–H groups in total. The molecular weight excluding hydrogens is 661 g/mol. The zero-order chi connectivity index (χ0) is 36.5. The molecule has 1 aliphatic heterocycles. The van der Waals surface area contributed by atoms with Crippen LogP contribution in [0, 0.1) is 34.5 Å². The molecular formula is C38H48F5NO6. The SMILES string of the molecule is CC(C)NC(=O)OCC#Cc1ccc([C@H]2C[C@@]3(C)C(CC[C@@]3(O)C(F)(F)C(F)(F)F)C3CCC4(O)CC5(CCC4=C32)OCC(C)(C)CO5)cc1. The molecule has 0 aromatic heterocycles. The lowest BCUT2D eigenvalue weighted by Crippen LogP contribution is -2.65. The van der Waals surface area contributed by atoms with Crippen LogP contribution in [0.25, 0.3) is 0 Å². The Morgan fingerprint density at radius 1 is 1.02 bits per heavy atom. The van der Waals surface area contributed by atoms with Gasteiger partial charge >= 0.3 is 18.2 Å². The number of allylic oxidation sites excluding steroid dienone is 1. The number of nitrogens with one attached hydrogen (secondary N) is 1. The minimum Gasteiger partial charge on any atom is -0.436 e. The summed E-state index contributed by atoms with van der Waals surface area (Å²) in [7, 11) is 0. The smallest absolute Gasteiger partial charge is 0.436 e. The average molecular weight is 710 g/mol. The monoisotopic (exact) mass is 709 g/mol.